The topological polar surface area (TPSA) is 150 Å². The third-order valence-corrected chi connectivity index (χ3v) is 5.30. The van der Waals surface area contributed by atoms with Gasteiger partial charge in [-0.3, -0.25) is 10.0 Å². The Balaban J connectivity index is 1.85. The Morgan fingerprint density at radius 3 is 2.76 bits per heavy atom. The normalized spacial score (nSPS) is 12.3. The molecule has 0 unspecified atom stereocenters. The number of amides is 1. The molecule has 15 heteroatoms. The molecule has 3 heterocycles. The second kappa shape index (κ2) is 10.3. The SMILES string of the molecule is COCc1nc(-c2nnn(C)c2NC(=O)O[C@H](C)c2cc(F)cnc2Cl)ccc1NS(C)(=O)=O. The van der Waals surface area contributed by atoms with Crippen LogP contribution in [-0.2, 0) is 33.2 Å². The Morgan fingerprint density at radius 2 is 2.09 bits per heavy atom. The van der Waals surface area contributed by atoms with Crippen molar-refractivity contribution < 1.29 is 27.1 Å². The number of hydrogen-bond acceptors (Lipinski definition) is 9. The highest BCUT2D eigenvalue weighted by atomic mass is 35.5. The van der Waals surface area contributed by atoms with Crippen molar-refractivity contribution in [2.24, 2.45) is 7.05 Å². The molecule has 0 aliphatic rings. The third-order valence-electron chi connectivity index (χ3n) is 4.40. The van der Waals surface area contributed by atoms with Gasteiger partial charge in [-0.15, -0.1) is 5.10 Å². The number of anilines is 2. The molecule has 1 amide bonds. The van der Waals surface area contributed by atoms with Crippen molar-refractivity contribution in [3.05, 3.63) is 46.6 Å². The van der Waals surface area contributed by atoms with Crippen LogP contribution in [0.5, 0.6) is 0 Å². The lowest BCUT2D eigenvalue weighted by Gasteiger charge is -2.15. The van der Waals surface area contributed by atoms with Crippen LogP contribution < -0.4 is 10.0 Å². The van der Waals surface area contributed by atoms with E-state index < -0.39 is 28.0 Å². The van der Waals surface area contributed by atoms with E-state index in [1.807, 2.05) is 0 Å². The molecule has 0 aromatic carbocycles. The van der Waals surface area contributed by atoms with Gasteiger partial charge in [0, 0.05) is 19.7 Å². The van der Waals surface area contributed by atoms with Crippen LogP contribution in [0.3, 0.4) is 0 Å². The molecular weight excluding hydrogens is 493 g/mol. The van der Waals surface area contributed by atoms with E-state index in [0.717, 1.165) is 18.5 Å². The lowest BCUT2D eigenvalue weighted by Crippen LogP contribution is -2.19. The Labute approximate surface area is 199 Å². The molecule has 0 aliphatic carbocycles. The van der Waals surface area contributed by atoms with Gasteiger partial charge in [0.25, 0.3) is 0 Å². The maximum absolute atomic E-state index is 13.5. The van der Waals surface area contributed by atoms with E-state index >= 15 is 0 Å². The molecule has 0 aliphatic heterocycles. The first-order valence-electron chi connectivity index (χ1n) is 9.63. The molecule has 0 bridgehead atoms. The summed E-state index contributed by atoms with van der Waals surface area (Å²) in [5, 5.41) is 10.5. The molecule has 0 saturated heterocycles. The summed E-state index contributed by atoms with van der Waals surface area (Å²) in [7, 11) is -0.568. The smallest absolute Gasteiger partial charge is 0.413 e. The monoisotopic (exact) mass is 513 g/mol. The fourth-order valence-electron chi connectivity index (χ4n) is 2.92. The highest BCUT2D eigenvalue weighted by Gasteiger charge is 2.22. The zero-order chi connectivity index (χ0) is 25.0. The molecule has 182 valence electrons. The van der Waals surface area contributed by atoms with Crippen molar-refractivity contribution in [3.63, 3.8) is 0 Å². The van der Waals surface area contributed by atoms with Crippen molar-refractivity contribution >= 4 is 39.2 Å². The van der Waals surface area contributed by atoms with E-state index in [4.69, 9.17) is 21.1 Å². The summed E-state index contributed by atoms with van der Waals surface area (Å²) < 4.78 is 50.8. The van der Waals surface area contributed by atoms with Crippen LogP contribution in [0.2, 0.25) is 5.15 Å². The van der Waals surface area contributed by atoms with E-state index in [1.165, 1.54) is 30.8 Å². The average Bonchev–Trinajstić information content (AvgIpc) is 3.10. The second-order valence-corrected chi connectivity index (χ2v) is 9.22. The van der Waals surface area contributed by atoms with Crippen molar-refractivity contribution in [1.82, 2.24) is 25.0 Å². The van der Waals surface area contributed by atoms with Gasteiger partial charge in [0.2, 0.25) is 10.0 Å². The van der Waals surface area contributed by atoms with Gasteiger partial charge in [-0.25, -0.2) is 32.3 Å². The largest absolute Gasteiger partial charge is 0.441 e. The molecule has 0 fully saturated rings. The number of nitrogens with zero attached hydrogens (tertiary/aromatic N) is 5. The second-order valence-electron chi connectivity index (χ2n) is 7.11. The molecule has 3 aromatic heterocycles. The number of carbonyl (C=O) groups excluding carboxylic acids is 1. The summed E-state index contributed by atoms with van der Waals surface area (Å²) in [4.78, 5) is 20.6. The number of aryl methyl sites for hydroxylation is 1. The molecule has 0 spiro atoms. The summed E-state index contributed by atoms with van der Waals surface area (Å²) in [6, 6.07) is 4.13. The third kappa shape index (κ3) is 6.15. The molecule has 3 aromatic rings. The number of carbonyl (C=O) groups is 1. The number of hydrogen-bond donors (Lipinski definition) is 2. The molecule has 3 rings (SSSR count). The van der Waals surface area contributed by atoms with E-state index in [2.05, 4.69) is 30.3 Å². The molecule has 0 saturated carbocycles. The van der Waals surface area contributed by atoms with Crippen LogP contribution in [0.1, 0.15) is 24.3 Å². The van der Waals surface area contributed by atoms with Gasteiger partial charge in [0.1, 0.15) is 17.1 Å². The van der Waals surface area contributed by atoms with E-state index in [1.54, 1.807) is 7.05 Å². The Kier molecular flexibility index (Phi) is 7.64. The van der Waals surface area contributed by atoms with Gasteiger partial charge >= 0.3 is 6.09 Å². The average molecular weight is 514 g/mol. The summed E-state index contributed by atoms with van der Waals surface area (Å²) in [5.41, 5.74) is 1.22. The van der Waals surface area contributed by atoms with Gasteiger partial charge in [0.15, 0.2) is 11.5 Å². The van der Waals surface area contributed by atoms with Crippen LogP contribution >= 0.6 is 11.6 Å². The molecular formula is C19H21ClFN7O5S. The quantitative estimate of drug-likeness (QED) is 0.433. The highest BCUT2D eigenvalue weighted by molar-refractivity contribution is 7.92. The zero-order valence-corrected chi connectivity index (χ0v) is 20.1. The van der Waals surface area contributed by atoms with Gasteiger partial charge in [-0.05, 0) is 25.1 Å². The van der Waals surface area contributed by atoms with Crippen LogP contribution in [0.25, 0.3) is 11.4 Å². The molecule has 0 radical (unpaired) electrons. The number of pyridine rings is 2. The standard InChI is InChI=1S/C19H21ClFN7O5S/c1-10(12-7-11(21)8-22-17(12)20)33-19(29)24-18-16(25-27-28(18)2)14-6-5-13(26-34(4,30)31)15(23-14)9-32-3/h5-8,10,26H,9H2,1-4H3,(H,24,29)/t10-/m1/s1. The molecule has 34 heavy (non-hydrogen) atoms. The van der Waals surface area contributed by atoms with Crippen molar-refractivity contribution in [3.8, 4) is 11.4 Å². The van der Waals surface area contributed by atoms with Crippen molar-refractivity contribution in [2.75, 3.05) is 23.4 Å². The molecule has 1 atom stereocenters. The van der Waals surface area contributed by atoms with Crippen molar-refractivity contribution in [2.45, 2.75) is 19.6 Å². The fraction of sp³-hybridized carbons (Fsp3) is 0.316. The summed E-state index contributed by atoms with van der Waals surface area (Å²) in [6.45, 7) is 1.52. The first-order valence-corrected chi connectivity index (χ1v) is 11.9. The lowest BCUT2D eigenvalue weighted by atomic mass is 10.2. The van der Waals surface area contributed by atoms with Gasteiger partial charge in [0.05, 0.1) is 36.1 Å². The van der Waals surface area contributed by atoms with Crippen LogP contribution in [-0.4, -0.2) is 52.8 Å². The fourth-order valence-corrected chi connectivity index (χ4v) is 3.76. The molecule has 12 nitrogen and oxygen atoms in total. The maximum atomic E-state index is 13.5. The number of methoxy groups -OCH3 is 1. The summed E-state index contributed by atoms with van der Waals surface area (Å²) in [5.74, 6) is -0.472. The zero-order valence-electron chi connectivity index (χ0n) is 18.5. The lowest BCUT2D eigenvalue weighted by molar-refractivity contribution is 0.120. The first-order chi connectivity index (χ1) is 16.0. The number of rotatable bonds is 8. The number of ether oxygens (including phenoxy) is 2. The number of nitrogens with one attached hydrogen (secondary N) is 2. The minimum Gasteiger partial charge on any atom is -0.441 e. The summed E-state index contributed by atoms with van der Waals surface area (Å²) in [6.07, 6.45) is 0.176. The van der Waals surface area contributed by atoms with Crippen LogP contribution in [0.4, 0.5) is 20.7 Å². The first kappa shape index (κ1) is 25.3. The number of sulfonamides is 1. The van der Waals surface area contributed by atoms with Crippen LogP contribution in [0, 0.1) is 5.82 Å². The Bertz CT molecular complexity index is 1320. The predicted molar refractivity (Wildman–Crippen MR) is 121 cm³/mol. The van der Waals surface area contributed by atoms with Gasteiger partial charge < -0.3 is 9.47 Å². The Hall–Kier alpha value is -3.36. The minimum absolute atomic E-state index is 0.00209. The molecule has 2 N–H and O–H groups in total. The number of aromatic nitrogens is 5. The Morgan fingerprint density at radius 1 is 1.35 bits per heavy atom. The van der Waals surface area contributed by atoms with Crippen molar-refractivity contribution in [1.29, 1.82) is 0 Å². The van der Waals surface area contributed by atoms with E-state index in [-0.39, 0.29) is 34.5 Å². The summed E-state index contributed by atoms with van der Waals surface area (Å²) >= 11 is 5.97. The highest BCUT2D eigenvalue weighted by Crippen LogP contribution is 2.28. The predicted octanol–water partition coefficient (Wildman–Crippen LogP) is 2.89. The number of halogens is 2. The van der Waals surface area contributed by atoms with Gasteiger partial charge in [-0.1, -0.05) is 16.8 Å². The van der Waals surface area contributed by atoms with Gasteiger partial charge in [-0.2, -0.15) is 0 Å². The minimum atomic E-state index is -3.54. The van der Waals surface area contributed by atoms with E-state index in [0.29, 0.717) is 11.4 Å². The van der Waals surface area contributed by atoms with Crippen LogP contribution in [0.15, 0.2) is 24.4 Å². The maximum Gasteiger partial charge on any atom is 0.413 e. The van der Waals surface area contributed by atoms with E-state index in [9.17, 15) is 17.6 Å².